The minimum absolute atomic E-state index is 0.0369. The number of benzene rings is 1. The summed E-state index contributed by atoms with van der Waals surface area (Å²) in [5.74, 6) is -0.431. The minimum atomic E-state index is -4.45. The lowest BCUT2D eigenvalue weighted by atomic mass is 9.74. The quantitative estimate of drug-likeness (QED) is 0.599. The average Bonchev–Trinajstić information content (AvgIpc) is 3.29. The first kappa shape index (κ1) is 26.7. The summed E-state index contributed by atoms with van der Waals surface area (Å²) in [5.41, 5.74) is -0.947. The maximum atomic E-state index is 13.9. The standard InChI is InChI=1S/C26H36F3N3O4/c1-16(2)25(9-6-21(13-25)31-10-7-20(8-11-31)30-17(3)23(33)34)24(35)32-14-18-12-19(26(27,28)29)4-5-22(18)36-15-32/h4-5,12,16-17,20-21,30H,6-11,13-15H2,1-3H3,(H,33,34)/t17?,21?,25-/m0/s1. The molecule has 0 aromatic heterocycles. The van der Waals surface area contributed by atoms with Crippen LogP contribution < -0.4 is 10.1 Å². The first-order valence-electron chi connectivity index (χ1n) is 12.8. The molecule has 4 rings (SSSR count). The highest BCUT2D eigenvalue weighted by Crippen LogP contribution is 2.48. The van der Waals surface area contributed by atoms with Crippen LogP contribution in [0, 0.1) is 11.3 Å². The lowest BCUT2D eigenvalue weighted by Crippen LogP contribution is -2.51. The van der Waals surface area contributed by atoms with E-state index in [0.717, 1.165) is 50.9 Å². The average molecular weight is 512 g/mol. The second-order valence-electron chi connectivity index (χ2n) is 10.8. The molecule has 7 nitrogen and oxygen atoms in total. The normalized spacial score (nSPS) is 26.5. The number of carboxylic acid groups (broad SMARTS) is 1. The first-order chi connectivity index (χ1) is 16.9. The molecule has 200 valence electrons. The maximum absolute atomic E-state index is 13.9. The van der Waals surface area contributed by atoms with Crippen LogP contribution in [0.4, 0.5) is 13.2 Å². The zero-order chi connectivity index (χ0) is 26.3. The molecule has 0 radical (unpaired) electrons. The van der Waals surface area contributed by atoms with E-state index in [1.165, 1.54) is 6.07 Å². The number of carbonyl (C=O) groups is 2. The molecule has 2 unspecified atom stereocenters. The number of carboxylic acids is 1. The van der Waals surface area contributed by atoms with Crippen LogP contribution in [-0.2, 0) is 22.3 Å². The lowest BCUT2D eigenvalue weighted by Gasteiger charge is -2.41. The number of ether oxygens (including phenoxy) is 1. The molecular formula is C26H36F3N3O4. The Morgan fingerprint density at radius 1 is 1.17 bits per heavy atom. The molecule has 0 spiro atoms. The van der Waals surface area contributed by atoms with Crippen molar-refractivity contribution in [2.75, 3.05) is 19.8 Å². The van der Waals surface area contributed by atoms with Gasteiger partial charge in [-0.05, 0) is 76.2 Å². The summed E-state index contributed by atoms with van der Waals surface area (Å²) >= 11 is 0. The summed E-state index contributed by atoms with van der Waals surface area (Å²) in [6, 6.07) is 3.26. The fourth-order valence-corrected chi connectivity index (χ4v) is 6.05. The number of carbonyl (C=O) groups excluding carboxylic acids is 1. The van der Waals surface area contributed by atoms with Gasteiger partial charge in [0.2, 0.25) is 5.91 Å². The van der Waals surface area contributed by atoms with E-state index >= 15 is 0 Å². The Morgan fingerprint density at radius 3 is 2.47 bits per heavy atom. The van der Waals surface area contributed by atoms with Gasteiger partial charge in [-0.2, -0.15) is 13.2 Å². The van der Waals surface area contributed by atoms with Crippen LogP contribution in [0.5, 0.6) is 5.75 Å². The molecule has 1 saturated carbocycles. The van der Waals surface area contributed by atoms with Crippen LogP contribution in [0.3, 0.4) is 0 Å². The molecule has 36 heavy (non-hydrogen) atoms. The molecule has 1 aliphatic carbocycles. The van der Waals surface area contributed by atoms with Crippen LogP contribution in [0.15, 0.2) is 18.2 Å². The third kappa shape index (κ3) is 5.34. The van der Waals surface area contributed by atoms with Crippen LogP contribution in [0.1, 0.15) is 64.0 Å². The van der Waals surface area contributed by atoms with Gasteiger partial charge in [-0.1, -0.05) is 13.8 Å². The second kappa shape index (κ2) is 10.2. The second-order valence-corrected chi connectivity index (χ2v) is 10.8. The molecule has 1 aromatic rings. The number of fused-ring (bicyclic) bond motifs is 1. The number of nitrogens with one attached hydrogen (secondary N) is 1. The van der Waals surface area contributed by atoms with E-state index in [2.05, 4.69) is 10.2 Å². The third-order valence-electron chi connectivity index (χ3n) is 8.37. The van der Waals surface area contributed by atoms with Gasteiger partial charge < -0.3 is 25.0 Å². The van der Waals surface area contributed by atoms with Gasteiger partial charge >= 0.3 is 12.1 Å². The molecule has 2 fully saturated rings. The van der Waals surface area contributed by atoms with Crippen molar-refractivity contribution >= 4 is 11.9 Å². The summed E-state index contributed by atoms with van der Waals surface area (Å²) in [4.78, 5) is 29.0. The Labute approximate surface area is 210 Å². The number of hydrogen-bond donors (Lipinski definition) is 2. The van der Waals surface area contributed by atoms with Crippen molar-refractivity contribution in [1.29, 1.82) is 0 Å². The van der Waals surface area contributed by atoms with Crippen molar-refractivity contribution < 1.29 is 32.6 Å². The largest absolute Gasteiger partial charge is 0.480 e. The van der Waals surface area contributed by atoms with Crippen molar-refractivity contribution in [3.63, 3.8) is 0 Å². The number of likely N-dealkylation sites (tertiary alicyclic amines) is 1. The monoisotopic (exact) mass is 511 g/mol. The van der Waals surface area contributed by atoms with E-state index in [1.807, 2.05) is 13.8 Å². The van der Waals surface area contributed by atoms with E-state index in [-0.39, 0.29) is 37.2 Å². The van der Waals surface area contributed by atoms with Crippen molar-refractivity contribution in [1.82, 2.24) is 15.1 Å². The number of hydrogen-bond acceptors (Lipinski definition) is 5. The smallest absolute Gasteiger partial charge is 0.416 e. The molecule has 0 bridgehead atoms. The predicted molar refractivity (Wildman–Crippen MR) is 127 cm³/mol. The SMILES string of the molecule is CC(NC1CCN(C2CC[C@@](C(=O)N3COc4ccc(C(F)(F)F)cc4C3)(C(C)C)C2)CC1)C(=O)O. The Bertz CT molecular complexity index is 978. The number of alkyl halides is 3. The first-order valence-corrected chi connectivity index (χ1v) is 12.8. The van der Waals surface area contributed by atoms with Gasteiger partial charge in [0.25, 0.3) is 0 Å². The highest BCUT2D eigenvalue weighted by atomic mass is 19.4. The number of halogens is 3. The molecule has 10 heteroatoms. The molecule has 1 saturated heterocycles. The molecular weight excluding hydrogens is 475 g/mol. The van der Waals surface area contributed by atoms with Crippen molar-refractivity contribution in [2.45, 2.75) is 83.7 Å². The molecule has 1 amide bonds. The van der Waals surface area contributed by atoms with Crippen molar-refractivity contribution in [3.05, 3.63) is 29.3 Å². The van der Waals surface area contributed by atoms with E-state index in [4.69, 9.17) is 9.84 Å². The predicted octanol–water partition coefficient (Wildman–Crippen LogP) is 4.11. The van der Waals surface area contributed by atoms with Gasteiger partial charge in [0.05, 0.1) is 17.5 Å². The maximum Gasteiger partial charge on any atom is 0.416 e. The van der Waals surface area contributed by atoms with Gasteiger partial charge in [0.1, 0.15) is 11.8 Å². The summed E-state index contributed by atoms with van der Waals surface area (Å²) < 4.78 is 45.3. The van der Waals surface area contributed by atoms with Crippen LogP contribution in [0.2, 0.25) is 0 Å². The number of piperidine rings is 1. The van der Waals surface area contributed by atoms with Gasteiger partial charge in [-0.3, -0.25) is 9.59 Å². The number of aliphatic carboxylic acids is 1. The van der Waals surface area contributed by atoms with E-state index in [1.54, 1.807) is 11.8 Å². The molecule has 2 N–H and O–H groups in total. The van der Waals surface area contributed by atoms with Crippen molar-refractivity contribution in [2.24, 2.45) is 11.3 Å². The number of rotatable bonds is 6. The van der Waals surface area contributed by atoms with E-state index in [9.17, 15) is 22.8 Å². The topological polar surface area (TPSA) is 82.1 Å². The molecule has 2 aliphatic heterocycles. The fraction of sp³-hybridized carbons (Fsp3) is 0.692. The zero-order valence-electron chi connectivity index (χ0n) is 21.1. The number of amides is 1. The summed E-state index contributed by atoms with van der Waals surface area (Å²) in [5, 5.41) is 12.3. The van der Waals surface area contributed by atoms with Crippen LogP contribution in [-0.4, -0.2) is 64.7 Å². The molecule has 1 aromatic carbocycles. The van der Waals surface area contributed by atoms with Crippen LogP contribution >= 0.6 is 0 Å². The summed E-state index contributed by atoms with van der Waals surface area (Å²) in [7, 11) is 0. The van der Waals surface area contributed by atoms with E-state index in [0.29, 0.717) is 17.7 Å². The third-order valence-corrected chi connectivity index (χ3v) is 8.37. The summed E-state index contributed by atoms with van der Waals surface area (Å²) in [6.07, 6.45) is -0.414. The summed E-state index contributed by atoms with van der Waals surface area (Å²) in [6.45, 7) is 7.58. The highest BCUT2D eigenvalue weighted by molar-refractivity contribution is 5.83. The Hall–Kier alpha value is -2.33. The fourth-order valence-electron chi connectivity index (χ4n) is 6.05. The highest BCUT2D eigenvalue weighted by Gasteiger charge is 2.51. The van der Waals surface area contributed by atoms with Gasteiger partial charge in [-0.25, -0.2) is 0 Å². The van der Waals surface area contributed by atoms with Gasteiger partial charge in [-0.15, -0.1) is 0 Å². The van der Waals surface area contributed by atoms with Gasteiger partial charge in [0, 0.05) is 17.6 Å². The zero-order valence-corrected chi connectivity index (χ0v) is 21.1. The minimum Gasteiger partial charge on any atom is -0.480 e. The molecule has 3 aliphatic rings. The Morgan fingerprint density at radius 2 is 1.86 bits per heavy atom. The van der Waals surface area contributed by atoms with Crippen LogP contribution in [0.25, 0.3) is 0 Å². The Kier molecular flexibility index (Phi) is 7.57. The van der Waals surface area contributed by atoms with Gasteiger partial charge in [0.15, 0.2) is 6.73 Å². The number of nitrogens with zero attached hydrogens (tertiary/aromatic N) is 2. The lowest BCUT2D eigenvalue weighted by molar-refractivity contribution is -0.150. The van der Waals surface area contributed by atoms with Crippen molar-refractivity contribution in [3.8, 4) is 5.75 Å². The molecule has 2 heterocycles. The Balaban J connectivity index is 1.41. The molecule has 3 atom stereocenters. The van der Waals surface area contributed by atoms with E-state index < -0.39 is 29.2 Å².